The van der Waals surface area contributed by atoms with E-state index in [4.69, 9.17) is 0 Å². The number of H-pyrrole nitrogens is 2. The summed E-state index contributed by atoms with van der Waals surface area (Å²) in [6.07, 6.45) is 5.10. The number of nitrogens with zero attached hydrogens (tertiary/aromatic N) is 2. The van der Waals surface area contributed by atoms with E-state index >= 15 is 0 Å². The third kappa shape index (κ3) is 2.37. The lowest BCUT2D eigenvalue weighted by atomic mass is 10.2. The molecule has 0 unspecified atom stereocenters. The Bertz CT molecular complexity index is 672. The number of pyridine rings is 1. The number of aromatic nitrogens is 4. The van der Waals surface area contributed by atoms with Gasteiger partial charge in [-0.1, -0.05) is 0 Å². The lowest BCUT2D eigenvalue weighted by molar-refractivity contribution is 0.102. The second kappa shape index (κ2) is 4.77. The van der Waals surface area contributed by atoms with Gasteiger partial charge in [-0.2, -0.15) is 5.10 Å². The van der Waals surface area contributed by atoms with E-state index in [0.717, 1.165) is 11.3 Å². The highest BCUT2D eigenvalue weighted by molar-refractivity contribution is 6.02. The van der Waals surface area contributed by atoms with Crippen LogP contribution in [0.25, 0.3) is 11.3 Å². The lowest BCUT2D eigenvalue weighted by Gasteiger charge is -1.98. The molecule has 0 aliphatic heterocycles. The Hall–Kier alpha value is -2.89. The van der Waals surface area contributed by atoms with Gasteiger partial charge in [-0.25, -0.2) is 0 Å². The summed E-state index contributed by atoms with van der Waals surface area (Å²) in [5.74, 6) is 0.254. The van der Waals surface area contributed by atoms with Crippen LogP contribution in [0, 0.1) is 0 Å². The summed E-state index contributed by atoms with van der Waals surface area (Å²) in [5, 5.41) is 9.63. The molecule has 3 N–H and O–H groups in total. The van der Waals surface area contributed by atoms with Crippen molar-refractivity contribution in [3.05, 3.63) is 54.6 Å². The molecule has 0 aliphatic rings. The predicted molar refractivity (Wildman–Crippen MR) is 70.6 cm³/mol. The number of amides is 1. The molecule has 0 radical (unpaired) electrons. The first kappa shape index (κ1) is 11.2. The number of aromatic amines is 2. The van der Waals surface area contributed by atoms with Crippen LogP contribution in [0.1, 0.15) is 10.5 Å². The summed E-state index contributed by atoms with van der Waals surface area (Å²) in [5.41, 5.74) is 2.28. The first-order chi connectivity index (χ1) is 9.33. The highest BCUT2D eigenvalue weighted by Crippen LogP contribution is 2.18. The minimum absolute atomic E-state index is 0.224. The zero-order chi connectivity index (χ0) is 13.1. The average molecular weight is 253 g/mol. The lowest BCUT2D eigenvalue weighted by Crippen LogP contribution is -2.12. The fourth-order valence-corrected chi connectivity index (χ4v) is 1.72. The maximum atomic E-state index is 11.8. The molecule has 0 aliphatic carbocycles. The van der Waals surface area contributed by atoms with Crippen LogP contribution in [0.5, 0.6) is 0 Å². The van der Waals surface area contributed by atoms with Crippen LogP contribution in [0.3, 0.4) is 0 Å². The summed E-state index contributed by atoms with van der Waals surface area (Å²) >= 11 is 0. The van der Waals surface area contributed by atoms with Gasteiger partial charge in [0, 0.05) is 30.2 Å². The van der Waals surface area contributed by atoms with Gasteiger partial charge in [0.1, 0.15) is 5.69 Å². The number of hydrogen-bond donors (Lipinski definition) is 3. The van der Waals surface area contributed by atoms with Crippen molar-refractivity contribution < 1.29 is 4.79 Å². The van der Waals surface area contributed by atoms with Crippen molar-refractivity contribution in [3.63, 3.8) is 0 Å². The second-order valence-corrected chi connectivity index (χ2v) is 3.94. The molecule has 0 fully saturated rings. The Morgan fingerprint density at radius 1 is 1.21 bits per heavy atom. The molecule has 0 atom stereocenters. The zero-order valence-corrected chi connectivity index (χ0v) is 9.92. The molecule has 0 aromatic carbocycles. The van der Waals surface area contributed by atoms with Gasteiger partial charge in [-0.3, -0.25) is 14.9 Å². The zero-order valence-electron chi connectivity index (χ0n) is 9.92. The van der Waals surface area contributed by atoms with Crippen LogP contribution >= 0.6 is 0 Å². The maximum absolute atomic E-state index is 11.8. The van der Waals surface area contributed by atoms with Crippen molar-refractivity contribution in [2.24, 2.45) is 0 Å². The molecule has 0 saturated heterocycles. The number of hydrogen-bond acceptors (Lipinski definition) is 3. The van der Waals surface area contributed by atoms with Crippen molar-refractivity contribution in [2.75, 3.05) is 5.32 Å². The maximum Gasteiger partial charge on any atom is 0.273 e. The monoisotopic (exact) mass is 253 g/mol. The molecular weight excluding hydrogens is 242 g/mol. The minimum Gasteiger partial charge on any atom is -0.357 e. The molecule has 3 heterocycles. The van der Waals surface area contributed by atoms with E-state index in [1.807, 2.05) is 12.1 Å². The average Bonchev–Trinajstić information content (AvgIpc) is 3.11. The first-order valence-corrected chi connectivity index (χ1v) is 5.73. The third-order valence-corrected chi connectivity index (χ3v) is 2.65. The number of nitrogens with one attached hydrogen (secondary N) is 3. The van der Waals surface area contributed by atoms with Crippen LogP contribution in [0.2, 0.25) is 0 Å². The van der Waals surface area contributed by atoms with E-state index < -0.39 is 0 Å². The van der Waals surface area contributed by atoms with Crippen LogP contribution in [0.15, 0.2) is 48.9 Å². The molecule has 6 heteroatoms. The van der Waals surface area contributed by atoms with Crippen LogP contribution in [-0.4, -0.2) is 26.1 Å². The Kier molecular flexibility index (Phi) is 2.82. The number of rotatable bonds is 3. The predicted octanol–water partition coefficient (Wildman–Crippen LogP) is 2.05. The number of anilines is 1. The summed E-state index contributed by atoms with van der Waals surface area (Å²) in [6, 6.07) is 8.97. The normalized spacial score (nSPS) is 10.3. The molecule has 19 heavy (non-hydrogen) atoms. The summed E-state index contributed by atoms with van der Waals surface area (Å²) < 4.78 is 0. The van der Waals surface area contributed by atoms with Crippen molar-refractivity contribution in [2.45, 2.75) is 0 Å². The van der Waals surface area contributed by atoms with Crippen molar-refractivity contribution >= 4 is 11.7 Å². The van der Waals surface area contributed by atoms with Gasteiger partial charge in [-0.15, -0.1) is 0 Å². The summed E-state index contributed by atoms with van der Waals surface area (Å²) in [7, 11) is 0. The SMILES string of the molecule is O=C(Nc1cc(-c2ccncc2)[nH]n1)c1ccc[nH]1. The van der Waals surface area contributed by atoms with Crippen LogP contribution in [0.4, 0.5) is 5.82 Å². The van der Waals surface area contributed by atoms with Gasteiger partial charge in [0.25, 0.3) is 5.91 Å². The smallest absolute Gasteiger partial charge is 0.273 e. The number of carbonyl (C=O) groups is 1. The van der Waals surface area contributed by atoms with E-state index in [0.29, 0.717) is 11.5 Å². The Morgan fingerprint density at radius 2 is 2.05 bits per heavy atom. The molecule has 0 spiro atoms. The summed E-state index contributed by atoms with van der Waals surface area (Å²) in [6.45, 7) is 0. The Balaban J connectivity index is 1.77. The highest BCUT2D eigenvalue weighted by Gasteiger charge is 2.09. The molecule has 3 aromatic heterocycles. The van der Waals surface area contributed by atoms with E-state index in [-0.39, 0.29) is 5.91 Å². The van der Waals surface area contributed by atoms with Crippen molar-refractivity contribution in [1.82, 2.24) is 20.2 Å². The standard InChI is InChI=1S/C13H11N5O/c19-13(10-2-1-5-15-10)16-12-8-11(17-18-12)9-3-6-14-7-4-9/h1-8,15H,(H2,16,17,18,19). The van der Waals surface area contributed by atoms with Gasteiger partial charge in [0.2, 0.25) is 0 Å². The molecule has 1 amide bonds. The van der Waals surface area contributed by atoms with E-state index in [1.54, 1.807) is 36.8 Å². The minimum atomic E-state index is -0.224. The van der Waals surface area contributed by atoms with Crippen molar-refractivity contribution in [1.29, 1.82) is 0 Å². The molecule has 6 nitrogen and oxygen atoms in total. The summed E-state index contributed by atoms with van der Waals surface area (Å²) in [4.78, 5) is 18.6. The van der Waals surface area contributed by atoms with Crippen LogP contribution < -0.4 is 5.32 Å². The van der Waals surface area contributed by atoms with Gasteiger partial charge in [-0.05, 0) is 24.3 Å². The fraction of sp³-hybridized carbons (Fsp3) is 0. The van der Waals surface area contributed by atoms with Crippen molar-refractivity contribution in [3.8, 4) is 11.3 Å². The van der Waals surface area contributed by atoms with Gasteiger partial charge >= 0.3 is 0 Å². The Labute approximate surface area is 108 Å². The quantitative estimate of drug-likeness (QED) is 0.667. The first-order valence-electron chi connectivity index (χ1n) is 5.73. The fourth-order valence-electron chi connectivity index (χ4n) is 1.72. The molecule has 3 aromatic rings. The van der Waals surface area contributed by atoms with Gasteiger partial charge in [0.05, 0.1) is 5.69 Å². The highest BCUT2D eigenvalue weighted by atomic mass is 16.1. The topological polar surface area (TPSA) is 86.5 Å². The molecule has 0 bridgehead atoms. The van der Waals surface area contributed by atoms with Gasteiger partial charge < -0.3 is 10.3 Å². The van der Waals surface area contributed by atoms with Crippen LogP contribution in [-0.2, 0) is 0 Å². The molecule has 94 valence electrons. The van der Waals surface area contributed by atoms with E-state index in [1.165, 1.54) is 0 Å². The Morgan fingerprint density at radius 3 is 2.79 bits per heavy atom. The van der Waals surface area contributed by atoms with E-state index in [9.17, 15) is 4.79 Å². The molecule has 3 rings (SSSR count). The number of carbonyl (C=O) groups excluding carboxylic acids is 1. The molecular formula is C13H11N5O. The third-order valence-electron chi connectivity index (χ3n) is 2.65. The van der Waals surface area contributed by atoms with Gasteiger partial charge in [0.15, 0.2) is 5.82 Å². The van der Waals surface area contributed by atoms with E-state index in [2.05, 4.69) is 25.5 Å². The molecule has 0 saturated carbocycles. The second-order valence-electron chi connectivity index (χ2n) is 3.94. The largest absolute Gasteiger partial charge is 0.357 e.